The lowest BCUT2D eigenvalue weighted by Crippen LogP contribution is -2.55. The number of benzene rings is 1. The summed E-state index contributed by atoms with van der Waals surface area (Å²) in [4.78, 5) is 2.41. The van der Waals surface area contributed by atoms with E-state index >= 15 is 0 Å². The van der Waals surface area contributed by atoms with Crippen LogP contribution < -0.4 is 0 Å². The van der Waals surface area contributed by atoms with E-state index in [-0.39, 0.29) is 11.0 Å². The SMILES string of the molecule is Cc1ccc(S(=O)(=O)OC2CN(C(C)C)C2)cc1. The largest absolute Gasteiger partial charge is 0.297 e. The number of hydrogen-bond acceptors (Lipinski definition) is 4. The van der Waals surface area contributed by atoms with E-state index in [1.807, 2.05) is 6.92 Å². The van der Waals surface area contributed by atoms with Gasteiger partial charge in [-0.2, -0.15) is 8.42 Å². The van der Waals surface area contributed by atoms with E-state index in [4.69, 9.17) is 4.18 Å². The van der Waals surface area contributed by atoms with Gasteiger partial charge in [0.2, 0.25) is 0 Å². The second-order valence-electron chi connectivity index (χ2n) is 5.03. The van der Waals surface area contributed by atoms with Gasteiger partial charge in [0.05, 0.1) is 4.90 Å². The number of nitrogens with zero attached hydrogens (tertiary/aromatic N) is 1. The van der Waals surface area contributed by atoms with Crippen LogP contribution in [0.5, 0.6) is 0 Å². The summed E-state index contributed by atoms with van der Waals surface area (Å²) in [5.74, 6) is 0. The Kier molecular flexibility index (Phi) is 3.75. The molecule has 0 N–H and O–H groups in total. The third-order valence-corrected chi connectivity index (χ3v) is 4.55. The zero-order chi connectivity index (χ0) is 13.3. The second-order valence-corrected chi connectivity index (χ2v) is 6.61. The van der Waals surface area contributed by atoms with E-state index in [0.29, 0.717) is 19.1 Å². The fourth-order valence-corrected chi connectivity index (χ4v) is 2.95. The molecule has 0 saturated carbocycles. The van der Waals surface area contributed by atoms with Gasteiger partial charge in [0, 0.05) is 19.1 Å². The molecule has 1 aromatic rings. The highest BCUT2D eigenvalue weighted by atomic mass is 32.2. The first kappa shape index (κ1) is 13.5. The number of rotatable bonds is 4. The highest BCUT2D eigenvalue weighted by Crippen LogP contribution is 2.21. The summed E-state index contributed by atoms with van der Waals surface area (Å²) >= 11 is 0. The average molecular weight is 269 g/mol. The minimum absolute atomic E-state index is 0.210. The molecule has 1 fully saturated rings. The van der Waals surface area contributed by atoms with Gasteiger partial charge in [-0.15, -0.1) is 0 Å². The van der Waals surface area contributed by atoms with Crippen molar-refractivity contribution in [2.45, 2.75) is 37.8 Å². The minimum Gasteiger partial charge on any atom is -0.296 e. The lowest BCUT2D eigenvalue weighted by Gasteiger charge is -2.40. The first-order chi connectivity index (χ1) is 8.38. The summed E-state index contributed by atoms with van der Waals surface area (Å²) in [6.07, 6.45) is -0.210. The fourth-order valence-electron chi connectivity index (χ4n) is 1.89. The van der Waals surface area contributed by atoms with Crippen LogP contribution in [0.1, 0.15) is 19.4 Å². The molecular weight excluding hydrogens is 250 g/mol. The molecule has 1 saturated heterocycles. The standard InChI is InChI=1S/C13H19NO3S/c1-10(2)14-8-12(9-14)17-18(15,16)13-6-4-11(3)5-7-13/h4-7,10,12H,8-9H2,1-3H3. The third-order valence-electron chi connectivity index (χ3n) is 3.18. The molecule has 0 spiro atoms. The maximum Gasteiger partial charge on any atom is 0.297 e. The Hall–Kier alpha value is -0.910. The second kappa shape index (κ2) is 4.99. The molecule has 100 valence electrons. The summed E-state index contributed by atoms with van der Waals surface area (Å²) < 4.78 is 29.2. The van der Waals surface area contributed by atoms with Gasteiger partial charge in [0.15, 0.2) is 0 Å². The van der Waals surface area contributed by atoms with Gasteiger partial charge in [-0.1, -0.05) is 17.7 Å². The molecule has 1 heterocycles. The van der Waals surface area contributed by atoms with Crippen LogP contribution in [0.2, 0.25) is 0 Å². The summed E-state index contributed by atoms with van der Waals surface area (Å²) in [7, 11) is -3.61. The maximum absolute atomic E-state index is 12.0. The van der Waals surface area contributed by atoms with Crippen LogP contribution in [0.4, 0.5) is 0 Å². The van der Waals surface area contributed by atoms with Crippen molar-refractivity contribution in [3.63, 3.8) is 0 Å². The molecule has 18 heavy (non-hydrogen) atoms. The predicted octanol–water partition coefficient (Wildman–Crippen LogP) is 1.79. The molecule has 4 nitrogen and oxygen atoms in total. The quantitative estimate of drug-likeness (QED) is 0.782. The number of aryl methyl sites for hydroxylation is 1. The first-order valence-electron chi connectivity index (χ1n) is 6.12. The van der Waals surface area contributed by atoms with E-state index in [9.17, 15) is 8.42 Å². The van der Waals surface area contributed by atoms with Crippen LogP contribution in [0.3, 0.4) is 0 Å². The summed E-state index contributed by atoms with van der Waals surface area (Å²) in [6, 6.07) is 7.16. The van der Waals surface area contributed by atoms with Gasteiger partial charge in [-0.3, -0.25) is 9.08 Å². The van der Waals surface area contributed by atoms with Crippen molar-refractivity contribution in [1.82, 2.24) is 4.90 Å². The van der Waals surface area contributed by atoms with E-state index < -0.39 is 10.1 Å². The smallest absolute Gasteiger partial charge is 0.296 e. The molecule has 1 aromatic carbocycles. The van der Waals surface area contributed by atoms with E-state index in [2.05, 4.69) is 18.7 Å². The first-order valence-corrected chi connectivity index (χ1v) is 7.53. The maximum atomic E-state index is 12.0. The van der Waals surface area contributed by atoms with Gasteiger partial charge < -0.3 is 0 Å². The van der Waals surface area contributed by atoms with Crippen LogP contribution >= 0.6 is 0 Å². The molecule has 0 amide bonds. The highest BCUT2D eigenvalue weighted by molar-refractivity contribution is 7.86. The molecule has 1 aliphatic heterocycles. The fraction of sp³-hybridized carbons (Fsp3) is 0.538. The van der Waals surface area contributed by atoms with Gasteiger partial charge >= 0.3 is 0 Å². The van der Waals surface area contributed by atoms with E-state index in [1.54, 1.807) is 24.3 Å². The Morgan fingerprint density at radius 2 is 1.78 bits per heavy atom. The molecule has 0 aliphatic carbocycles. The highest BCUT2D eigenvalue weighted by Gasteiger charge is 2.33. The zero-order valence-electron chi connectivity index (χ0n) is 11.0. The Balaban J connectivity index is 1.99. The third kappa shape index (κ3) is 2.91. The number of hydrogen-bond donors (Lipinski definition) is 0. The Morgan fingerprint density at radius 3 is 2.28 bits per heavy atom. The summed E-state index contributed by atoms with van der Waals surface area (Å²) in [6.45, 7) is 7.46. The van der Waals surface area contributed by atoms with Crippen molar-refractivity contribution >= 4 is 10.1 Å². The minimum atomic E-state index is -3.61. The Labute approximate surface area is 109 Å². The van der Waals surface area contributed by atoms with Crippen molar-refractivity contribution < 1.29 is 12.6 Å². The monoisotopic (exact) mass is 269 g/mol. The summed E-state index contributed by atoms with van der Waals surface area (Å²) in [5.41, 5.74) is 1.03. The number of likely N-dealkylation sites (tertiary alicyclic amines) is 1. The van der Waals surface area contributed by atoms with Crippen molar-refractivity contribution in [3.8, 4) is 0 Å². The lowest BCUT2D eigenvalue weighted by molar-refractivity contribution is 0.00400. The predicted molar refractivity (Wildman–Crippen MR) is 69.9 cm³/mol. The molecule has 0 radical (unpaired) electrons. The van der Waals surface area contributed by atoms with Gasteiger partial charge in [0.1, 0.15) is 6.10 Å². The molecular formula is C13H19NO3S. The van der Waals surface area contributed by atoms with Gasteiger partial charge in [-0.05, 0) is 32.9 Å². The van der Waals surface area contributed by atoms with Crippen molar-refractivity contribution in [2.75, 3.05) is 13.1 Å². The molecule has 0 aromatic heterocycles. The van der Waals surface area contributed by atoms with Gasteiger partial charge in [0.25, 0.3) is 10.1 Å². The molecule has 0 bridgehead atoms. The zero-order valence-corrected chi connectivity index (χ0v) is 11.8. The molecule has 0 atom stereocenters. The van der Waals surface area contributed by atoms with Crippen LogP contribution in [-0.2, 0) is 14.3 Å². The van der Waals surface area contributed by atoms with Gasteiger partial charge in [-0.25, -0.2) is 0 Å². The van der Waals surface area contributed by atoms with Crippen molar-refractivity contribution in [2.24, 2.45) is 0 Å². The van der Waals surface area contributed by atoms with Crippen molar-refractivity contribution in [3.05, 3.63) is 29.8 Å². The van der Waals surface area contributed by atoms with E-state index in [0.717, 1.165) is 5.56 Å². The van der Waals surface area contributed by atoms with E-state index in [1.165, 1.54) is 0 Å². The topological polar surface area (TPSA) is 46.6 Å². The van der Waals surface area contributed by atoms with Crippen LogP contribution in [0.15, 0.2) is 29.2 Å². The normalized spacial score (nSPS) is 18.0. The lowest BCUT2D eigenvalue weighted by atomic mass is 10.1. The summed E-state index contributed by atoms with van der Waals surface area (Å²) in [5, 5.41) is 0. The Morgan fingerprint density at radius 1 is 1.22 bits per heavy atom. The molecule has 1 aliphatic rings. The van der Waals surface area contributed by atoms with Crippen LogP contribution in [-0.4, -0.2) is 38.6 Å². The average Bonchev–Trinajstić information content (AvgIpc) is 2.23. The van der Waals surface area contributed by atoms with Crippen LogP contribution in [0, 0.1) is 6.92 Å². The molecule has 2 rings (SSSR count). The Bertz CT molecular complexity index is 502. The van der Waals surface area contributed by atoms with Crippen LogP contribution in [0.25, 0.3) is 0 Å². The molecule has 5 heteroatoms. The molecule has 0 unspecified atom stereocenters. The van der Waals surface area contributed by atoms with Crippen molar-refractivity contribution in [1.29, 1.82) is 0 Å².